The average molecular weight is 278 g/mol. The summed E-state index contributed by atoms with van der Waals surface area (Å²) in [6.45, 7) is 5.48. The SMILES string of the molecule is CC(C)(C)OC(=O)NN=C1CCSc2ccccc21. The summed E-state index contributed by atoms with van der Waals surface area (Å²) in [4.78, 5) is 12.8. The van der Waals surface area contributed by atoms with Gasteiger partial charge in [-0.15, -0.1) is 11.8 Å². The number of rotatable bonds is 1. The van der Waals surface area contributed by atoms with Crippen LogP contribution < -0.4 is 5.43 Å². The summed E-state index contributed by atoms with van der Waals surface area (Å²) in [5, 5.41) is 4.19. The molecule has 2 rings (SSSR count). The van der Waals surface area contributed by atoms with E-state index in [-0.39, 0.29) is 0 Å². The molecule has 0 fully saturated rings. The van der Waals surface area contributed by atoms with Crippen molar-refractivity contribution >= 4 is 23.6 Å². The lowest BCUT2D eigenvalue weighted by Crippen LogP contribution is -2.30. The van der Waals surface area contributed by atoms with Gasteiger partial charge in [0.2, 0.25) is 0 Å². The van der Waals surface area contributed by atoms with E-state index in [0.717, 1.165) is 23.4 Å². The number of carbonyl (C=O) groups excluding carboxylic acids is 1. The molecule has 1 aromatic rings. The van der Waals surface area contributed by atoms with Gasteiger partial charge in [-0.1, -0.05) is 18.2 Å². The summed E-state index contributed by atoms with van der Waals surface area (Å²) >= 11 is 1.81. The van der Waals surface area contributed by atoms with E-state index in [9.17, 15) is 4.79 Å². The fourth-order valence-electron chi connectivity index (χ4n) is 1.75. The number of ether oxygens (including phenoxy) is 1. The third kappa shape index (κ3) is 3.99. The molecular weight excluding hydrogens is 260 g/mol. The maximum absolute atomic E-state index is 11.6. The monoisotopic (exact) mass is 278 g/mol. The number of hydrogen-bond acceptors (Lipinski definition) is 4. The Kier molecular flexibility index (Phi) is 4.14. The maximum atomic E-state index is 11.6. The predicted octanol–water partition coefficient (Wildman–Crippen LogP) is 3.41. The Bertz CT molecular complexity index is 506. The molecule has 19 heavy (non-hydrogen) atoms. The number of nitrogens with one attached hydrogen (secondary N) is 1. The second-order valence-electron chi connectivity index (χ2n) is 5.27. The minimum atomic E-state index is -0.518. The molecular formula is C14H18N2O2S. The van der Waals surface area contributed by atoms with Crippen LogP contribution >= 0.6 is 11.8 Å². The second-order valence-corrected chi connectivity index (χ2v) is 6.40. The lowest BCUT2D eigenvalue weighted by Gasteiger charge is -2.20. The van der Waals surface area contributed by atoms with Crippen LogP contribution in [-0.2, 0) is 4.74 Å². The molecule has 1 aromatic carbocycles. The number of carbonyl (C=O) groups is 1. The van der Waals surface area contributed by atoms with E-state index in [4.69, 9.17) is 4.74 Å². The topological polar surface area (TPSA) is 50.7 Å². The molecule has 1 aliphatic rings. The normalized spacial score (nSPS) is 16.9. The van der Waals surface area contributed by atoms with E-state index in [2.05, 4.69) is 16.6 Å². The number of nitrogens with zero attached hydrogens (tertiary/aromatic N) is 1. The summed E-state index contributed by atoms with van der Waals surface area (Å²) in [7, 11) is 0. The van der Waals surface area contributed by atoms with Gasteiger partial charge in [-0.3, -0.25) is 0 Å². The quantitative estimate of drug-likeness (QED) is 0.801. The molecule has 0 spiro atoms. The van der Waals surface area contributed by atoms with Crippen molar-refractivity contribution in [1.82, 2.24) is 5.43 Å². The van der Waals surface area contributed by atoms with Gasteiger partial charge in [0.15, 0.2) is 0 Å². The van der Waals surface area contributed by atoms with Gasteiger partial charge in [0.1, 0.15) is 5.60 Å². The smallest absolute Gasteiger partial charge is 0.428 e. The lowest BCUT2D eigenvalue weighted by molar-refractivity contribution is 0.0529. The highest BCUT2D eigenvalue weighted by molar-refractivity contribution is 7.99. The fraction of sp³-hybridized carbons (Fsp3) is 0.429. The lowest BCUT2D eigenvalue weighted by atomic mass is 10.1. The summed E-state index contributed by atoms with van der Waals surface area (Å²) in [5.41, 5.74) is 3.95. The van der Waals surface area contributed by atoms with Crippen LogP contribution in [-0.4, -0.2) is 23.2 Å². The molecule has 1 aliphatic heterocycles. The minimum absolute atomic E-state index is 0.509. The van der Waals surface area contributed by atoms with Gasteiger partial charge in [0, 0.05) is 22.6 Å². The summed E-state index contributed by atoms with van der Waals surface area (Å²) < 4.78 is 5.15. The van der Waals surface area contributed by atoms with Gasteiger partial charge in [0.25, 0.3) is 0 Å². The second kappa shape index (κ2) is 5.65. The number of hydrazone groups is 1. The highest BCUT2D eigenvalue weighted by Gasteiger charge is 2.18. The van der Waals surface area contributed by atoms with E-state index >= 15 is 0 Å². The number of amides is 1. The van der Waals surface area contributed by atoms with Crippen LogP contribution in [0.2, 0.25) is 0 Å². The van der Waals surface area contributed by atoms with Crippen molar-refractivity contribution in [3.63, 3.8) is 0 Å². The Labute approximate surface area is 117 Å². The van der Waals surface area contributed by atoms with Crippen LogP contribution in [0.5, 0.6) is 0 Å². The van der Waals surface area contributed by atoms with E-state index in [1.807, 2.05) is 50.7 Å². The average Bonchev–Trinajstić information content (AvgIpc) is 2.34. The first-order valence-corrected chi connectivity index (χ1v) is 7.22. The van der Waals surface area contributed by atoms with E-state index in [0.29, 0.717) is 0 Å². The van der Waals surface area contributed by atoms with Gasteiger partial charge in [-0.05, 0) is 26.8 Å². The number of benzene rings is 1. The molecule has 1 heterocycles. The zero-order valence-electron chi connectivity index (χ0n) is 11.4. The Morgan fingerprint density at radius 2 is 2.11 bits per heavy atom. The van der Waals surface area contributed by atoms with Gasteiger partial charge in [0.05, 0.1) is 5.71 Å². The Balaban J connectivity index is 2.07. The number of hydrogen-bond donors (Lipinski definition) is 1. The molecule has 4 nitrogen and oxygen atoms in total. The molecule has 0 radical (unpaired) electrons. The van der Waals surface area contributed by atoms with Gasteiger partial charge in [-0.2, -0.15) is 5.10 Å². The van der Waals surface area contributed by atoms with Crippen LogP contribution in [0.3, 0.4) is 0 Å². The summed E-state index contributed by atoms with van der Waals surface area (Å²) in [6, 6.07) is 8.09. The molecule has 0 saturated heterocycles. The number of fused-ring (bicyclic) bond motifs is 1. The third-order valence-electron chi connectivity index (χ3n) is 2.48. The first-order valence-electron chi connectivity index (χ1n) is 6.23. The van der Waals surface area contributed by atoms with Crippen molar-refractivity contribution in [2.45, 2.75) is 37.7 Å². The molecule has 0 saturated carbocycles. The first-order chi connectivity index (χ1) is 8.96. The molecule has 102 valence electrons. The summed E-state index contributed by atoms with van der Waals surface area (Å²) in [5.74, 6) is 0.978. The summed E-state index contributed by atoms with van der Waals surface area (Å²) in [6.07, 6.45) is 0.327. The van der Waals surface area contributed by atoms with E-state index < -0.39 is 11.7 Å². The molecule has 5 heteroatoms. The van der Waals surface area contributed by atoms with Crippen molar-refractivity contribution < 1.29 is 9.53 Å². The zero-order chi connectivity index (χ0) is 13.9. The van der Waals surface area contributed by atoms with Crippen molar-refractivity contribution in [3.05, 3.63) is 29.8 Å². The number of thioether (sulfide) groups is 1. The molecule has 0 aliphatic carbocycles. The Hall–Kier alpha value is -1.49. The highest BCUT2D eigenvalue weighted by atomic mass is 32.2. The molecule has 0 aromatic heterocycles. The van der Waals surface area contributed by atoms with Crippen molar-refractivity contribution in [1.29, 1.82) is 0 Å². The molecule has 1 amide bonds. The van der Waals surface area contributed by atoms with Crippen molar-refractivity contribution in [3.8, 4) is 0 Å². The maximum Gasteiger partial charge on any atom is 0.428 e. The Morgan fingerprint density at radius 1 is 1.37 bits per heavy atom. The fourth-order valence-corrected chi connectivity index (χ4v) is 2.78. The third-order valence-corrected chi connectivity index (χ3v) is 3.55. The van der Waals surface area contributed by atoms with Gasteiger partial charge >= 0.3 is 6.09 Å². The Morgan fingerprint density at radius 3 is 2.84 bits per heavy atom. The minimum Gasteiger partial charge on any atom is -0.443 e. The first kappa shape index (κ1) is 13.9. The molecule has 0 bridgehead atoms. The zero-order valence-corrected chi connectivity index (χ0v) is 12.2. The van der Waals surface area contributed by atoms with Gasteiger partial charge in [-0.25, -0.2) is 10.2 Å². The van der Waals surface area contributed by atoms with Crippen molar-refractivity contribution in [2.75, 3.05) is 5.75 Å². The van der Waals surface area contributed by atoms with Crippen LogP contribution in [0.25, 0.3) is 0 Å². The van der Waals surface area contributed by atoms with Crippen LogP contribution in [0, 0.1) is 0 Å². The van der Waals surface area contributed by atoms with Crippen molar-refractivity contribution in [2.24, 2.45) is 5.10 Å². The van der Waals surface area contributed by atoms with Crippen LogP contribution in [0.4, 0.5) is 4.79 Å². The molecule has 0 unspecified atom stereocenters. The molecule has 0 atom stereocenters. The highest BCUT2D eigenvalue weighted by Crippen LogP contribution is 2.29. The molecule has 1 N–H and O–H groups in total. The van der Waals surface area contributed by atoms with Crippen LogP contribution in [0.15, 0.2) is 34.3 Å². The predicted molar refractivity (Wildman–Crippen MR) is 77.7 cm³/mol. The van der Waals surface area contributed by atoms with E-state index in [1.54, 1.807) is 0 Å². The largest absolute Gasteiger partial charge is 0.443 e. The van der Waals surface area contributed by atoms with Crippen LogP contribution in [0.1, 0.15) is 32.8 Å². The standard InChI is InChI=1S/C14H18N2O2S/c1-14(2,3)18-13(17)16-15-11-8-9-19-12-7-5-4-6-10(11)12/h4-7H,8-9H2,1-3H3,(H,16,17). The van der Waals surface area contributed by atoms with Gasteiger partial charge < -0.3 is 4.74 Å². The van der Waals surface area contributed by atoms with E-state index in [1.165, 1.54) is 4.90 Å².